The lowest BCUT2D eigenvalue weighted by Gasteiger charge is -2.12. The summed E-state index contributed by atoms with van der Waals surface area (Å²) in [5, 5.41) is 4.37. The predicted octanol–water partition coefficient (Wildman–Crippen LogP) is 3.95. The number of aromatic nitrogens is 5. The van der Waals surface area contributed by atoms with E-state index in [4.69, 9.17) is 5.73 Å². The molecule has 0 atom stereocenters. The summed E-state index contributed by atoms with van der Waals surface area (Å²) in [4.78, 5) is 30.6. The summed E-state index contributed by atoms with van der Waals surface area (Å²) in [6.07, 6.45) is 2.55. The molecule has 0 bridgehead atoms. The third kappa shape index (κ3) is 4.62. The molecule has 2 aromatic heterocycles. The molecule has 4 aromatic rings. The standard InChI is InChI=1S/C23H23N7OS/c1-3-13-30-20(31)16-10-6-8-12-18(16)26-23(30)32-14-19-27-21(24)29-22(28-19)25-17-11-7-5-9-15(17)4-2/h3,5-12H,1,4,13-14H2,2H3,(H3,24,25,27,28,29). The lowest BCUT2D eigenvalue weighted by atomic mass is 10.1. The molecule has 0 unspecified atom stereocenters. The molecular weight excluding hydrogens is 422 g/mol. The van der Waals surface area contributed by atoms with Crippen LogP contribution in [0.1, 0.15) is 18.3 Å². The van der Waals surface area contributed by atoms with Gasteiger partial charge in [-0.2, -0.15) is 15.0 Å². The number of rotatable bonds is 8. The van der Waals surface area contributed by atoms with Crippen LogP contribution in [0.2, 0.25) is 0 Å². The van der Waals surface area contributed by atoms with Crippen molar-refractivity contribution in [3.63, 3.8) is 0 Å². The predicted molar refractivity (Wildman–Crippen MR) is 129 cm³/mol. The molecule has 4 rings (SSSR count). The highest BCUT2D eigenvalue weighted by atomic mass is 32.2. The summed E-state index contributed by atoms with van der Waals surface area (Å²) >= 11 is 1.37. The van der Waals surface area contributed by atoms with Crippen LogP contribution < -0.4 is 16.6 Å². The van der Waals surface area contributed by atoms with Crippen molar-refractivity contribution >= 4 is 40.2 Å². The number of benzene rings is 2. The van der Waals surface area contributed by atoms with E-state index in [-0.39, 0.29) is 11.5 Å². The average molecular weight is 446 g/mol. The van der Waals surface area contributed by atoms with Crippen LogP contribution in [0.3, 0.4) is 0 Å². The second kappa shape index (κ2) is 9.61. The monoisotopic (exact) mass is 445 g/mol. The van der Waals surface area contributed by atoms with Gasteiger partial charge in [-0.1, -0.05) is 55.1 Å². The largest absolute Gasteiger partial charge is 0.368 e. The van der Waals surface area contributed by atoms with E-state index >= 15 is 0 Å². The fraction of sp³-hybridized carbons (Fsp3) is 0.174. The zero-order valence-corrected chi connectivity index (χ0v) is 18.5. The quantitative estimate of drug-likeness (QED) is 0.238. The van der Waals surface area contributed by atoms with Gasteiger partial charge in [0.15, 0.2) is 5.16 Å². The van der Waals surface area contributed by atoms with Crippen molar-refractivity contribution in [1.82, 2.24) is 24.5 Å². The van der Waals surface area contributed by atoms with Gasteiger partial charge in [0.1, 0.15) is 5.82 Å². The van der Waals surface area contributed by atoms with Crippen LogP contribution >= 0.6 is 11.8 Å². The SMILES string of the molecule is C=CCn1c(SCc2nc(N)nc(Nc3ccccc3CC)n2)nc2ccccc2c1=O. The van der Waals surface area contributed by atoms with Crippen molar-refractivity contribution in [2.24, 2.45) is 0 Å². The van der Waals surface area contributed by atoms with E-state index in [0.29, 0.717) is 40.1 Å². The van der Waals surface area contributed by atoms with Crippen LogP contribution in [-0.2, 0) is 18.7 Å². The first-order valence-corrected chi connectivity index (χ1v) is 11.2. The van der Waals surface area contributed by atoms with E-state index in [2.05, 4.69) is 38.8 Å². The number of nitrogens with zero attached hydrogens (tertiary/aromatic N) is 5. The molecule has 8 nitrogen and oxygen atoms in total. The molecular formula is C23H23N7OS. The second-order valence-electron chi connectivity index (χ2n) is 6.97. The van der Waals surface area contributed by atoms with E-state index in [0.717, 1.165) is 17.7 Å². The molecule has 9 heteroatoms. The molecule has 2 aromatic carbocycles. The Morgan fingerprint density at radius 2 is 1.88 bits per heavy atom. The molecule has 0 spiro atoms. The van der Waals surface area contributed by atoms with Crippen molar-refractivity contribution in [3.8, 4) is 0 Å². The Morgan fingerprint density at radius 1 is 1.09 bits per heavy atom. The molecule has 32 heavy (non-hydrogen) atoms. The number of allylic oxidation sites excluding steroid dienone is 1. The Labute approximate surface area is 189 Å². The van der Waals surface area contributed by atoms with Gasteiger partial charge in [-0.15, -0.1) is 6.58 Å². The van der Waals surface area contributed by atoms with Crippen LogP contribution in [0.4, 0.5) is 17.6 Å². The topological polar surface area (TPSA) is 112 Å². The number of para-hydroxylation sites is 2. The van der Waals surface area contributed by atoms with Crippen molar-refractivity contribution < 1.29 is 0 Å². The number of hydrogen-bond acceptors (Lipinski definition) is 8. The molecule has 0 fully saturated rings. The zero-order valence-electron chi connectivity index (χ0n) is 17.7. The van der Waals surface area contributed by atoms with E-state index in [1.54, 1.807) is 16.7 Å². The first kappa shape index (κ1) is 21.5. The summed E-state index contributed by atoms with van der Waals surface area (Å²) in [6.45, 7) is 6.21. The van der Waals surface area contributed by atoms with E-state index in [1.807, 2.05) is 42.5 Å². The Balaban J connectivity index is 1.62. The Kier molecular flexibility index (Phi) is 6.46. The second-order valence-corrected chi connectivity index (χ2v) is 7.92. The number of anilines is 3. The van der Waals surface area contributed by atoms with Gasteiger partial charge >= 0.3 is 0 Å². The number of nitrogens with two attached hydrogens (primary N) is 1. The number of aryl methyl sites for hydroxylation is 1. The van der Waals surface area contributed by atoms with Crippen LogP contribution in [0.5, 0.6) is 0 Å². The normalized spacial score (nSPS) is 10.9. The third-order valence-corrected chi connectivity index (χ3v) is 5.78. The maximum Gasteiger partial charge on any atom is 0.262 e. The van der Waals surface area contributed by atoms with E-state index < -0.39 is 0 Å². The van der Waals surface area contributed by atoms with Crippen molar-refractivity contribution in [3.05, 3.63) is 82.9 Å². The minimum absolute atomic E-state index is 0.105. The fourth-order valence-corrected chi connectivity index (χ4v) is 4.17. The molecule has 0 aliphatic carbocycles. The Hall–Kier alpha value is -3.72. The molecule has 2 heterocycles. The minimum atomic E-state index is -0.105. The van der Waals surface area contributed by atoms with Gasteiger partial charge in [0.2, 0.25) is 11.9 Å². The lowest BCUT2D eigenvalue weighted by molar-refractivity contribution is 0.671. The molecule has 0 aliphatic heterocycles. The van der Waals surface area contributed by atoms with Crippen LogP contribution in [0, 0.1) is 0 Å². The summed E-state index contributed by atoms with van der Waals surface area (Å²) in [6, 6.07) is 15.3. The smallest absolute Gasteiger partial charge is 0.262 e. The fourth-order valence-electron chi connectivity index (χ4n) is 3.31. The Bertz CT molecular complexity index is 1340. The van der Waals surface area contributed by atoms with Gasteiger partial charge in [0.05, 0.1) is 16.7 Å². The summed E-state index contributed by atoms with van der Waals surface area (Å²) in [5.41, 5.74) is 8.55. The number of thioether (sulfide) groups is 1. The summed E-state index contributed by atoms with van der Waals surface area (Å²) < 4.78 is 1.60. The Morgan fingerprint density at radius 3 is 2.69 bits per heavy atom. The minimum Gasteiger partial charge on any atom is -0.368 e. The lowest BCUT2D eigenvalue weighted by Crippen LogP contribution is -2.22. The number of fused-ring (bicyclic) bond motifs is 1. The number of hydrogen-bond donors (Lipinski definition) is 2. The molecule has 162 valence electrons. The van der Waals surface area contributed by atoms with Crippen LogP contribution in [0.25, 0.3) is 10.9 Å². The highest BCUT2D eigenvalue weighted by molar-refractivity contribution is 7.98. The van der Waals surface area contributed by atoms with E-state index in [1.165, 1.54) is 11.8 Å². The molecule has 0 aliphatic rings. The number of nitrogens with one attached hydrogen (secondary N) is 1. The maximum atomic E-state index is 12.9. The van der Waals surface area contributed by atoms with Crippen molar-refractivity contribution in [1.29, 1.82) is 0 Å². The summed E-state index contributed by atoms with van der Waals surface area (Å²) in [5.74, 6) is 1.37. The van der Waals surface area contributed by atoms with Crippen molar-refractivity contribution in [2.45, 2.75) is 30.8 Å². The first-order valence-electron chi connectivity index (χ1n) is 10.2. The molecule has 0 saturated heterocycles. The van der Waals surface area contributed by atoms with Crippen molar-refractivity contribution in [2.75, 3.05) is 11.1 Å². The maximum absolute atomic E-state index is 12.9. The third-order valence-electron chi connectivity index (χ3n) is 4.81. The molecule has 0 saturated carbocycles. The molecule has 3 N–H and O–H groups in total. The van der Waals surface area contributed by atoms with Gasteiger partial charge in [-0.3, -0.25) is 9.36 Å². The van der Waals surface area contributed by atoms with Gasteiger partial charge in [-0.25, -0.2) is 4.98 Å². The highest BCUT2D eigenvalue weighted by Crippen LogP contribution is 2.23. The zero-order chi connectivity index (χ0) is 22.5. The molecule has 0 amide bonds. The van der Waals surface area contributed by atoms with Crippen LogP contribution in [0.15, 0.2) is 71.1 Å². The van der Waals surface area contributed by atoms with Gasteiger partial charge < -0.3 is 11.1 Å². The average Bonchev–Trinajstić information content (AvgIpc) is 2.80. The highest BCUT2D eigenvalue weighted by Gasteiger charge is 2.13. The van der Waals surface area contributed by atoms with Gasteiger partial charge in [0.25, 0.3) is 5.56 Å². The van der Waals surface area contributed by atoms with Gasteiger partial charge in [-0.05, 0) is 30.2 Å². The van der Waals surface area contributed by atoms with E-state index in [9.17, 15) is 4.79 Å². The molecule has 0 radical (unpaired) electrons. The first-order chi connectivity index (χ1) is 15.6. The van der Waals surface area contributed by atoms with Gasteiger partial charge in [0, 0.05) is 12.2 Å². The van der Waals surface area contributed by atoms with Crippen LogP contribution in [-0.4, -0.2) is 24.5 Å². The number of nitrogen functional groups attached to an aromatic ring is 1. The summed E-state index contributed by atoms with van der Waals surface area (Å²) in [7, 11) is 0.